The van der Waals surface area contributed by atoms with Gasteiger partial charge in [0.1, 0.15) is 17.3 Å². The van der Waals surface area contributed by atoms with Crippen molar-refractivity contribution in [2.75, 3.05) is 7.11 Å². The lowest BCUT2D eigenvalue weighted by Crippen LogP contribution is -2.17. The molecule has 8 nitrogen and oxygen atoms in total. The minimum absolute atomic E-state index is 0.0767. The van der Waals surface area contributed by atoms with Gasteiger partial charge in [0.25, 0.3) is 11.6 Å². The summed E-state index contributed by atoms with van der Waals surface area (Å²) in [6.07, 6.45) is 1.35. The van der Waals surface area contributed by atoms with Crippen LogP contribution in [0.5, 0.6) is 5.75 Å². The minimum atomic E-state index is -0.492. The normalized spacial score (nSPS) is 10.8. The predicted octanol–water partition coefficient (Wildman–Crippen LogP) is 4.23. The van der Waals surface area contributed by atoms with Crippen molar-refractivity contribution in [1.29, 1.82) is 0 Å². The summed E-state index contributed by atoms with van der Waals surface area (Å²) in [5, 5.41) is 14.9. The van der Waals surface area contributed by atoms with Crippen molar-refractivity contribution in [3.63, 3.8) is 0 Å². The van der Waals surface area contributed by atoms with Crippen molar-refractivity contribution in [2.45, 2.75) is 0 Å². The Balaban J connectivity index is 1.75. The molecule has 2 aromatic carbocycles. The molecule has 0 aliphatic rings. The number of nitro groups is 1. The van der Waals surface area contributed by atoms with Gasteiger partial charge in [-0.15, -0.1) is 0 Å². The second kappa shape index (κ2) is 8.65. The molecular weight excluding hydrogens is 477 g/mol. The van der Waals surface area contributed by atoms with Gasteiger partial charge in [0.15, 0.2) is 0 Å². The average molecular weight is 491 g/mol. The Kier molecular flexibility index (Phi) is 6.04. The molecule has 3 aromatic rings. The van der Waals surface area contributed by atoms with Gasteiger partial charge < -0.3 is 9.15 Å². The molecule has 1 amide bonds. The number of carbonyl (C=O) groups excluding carboxylic acids is 1. The highest BCUT2D eigenvalue weighted by atomic mass is 127. The van der Waals surface area contributed by atoms with Gasteiger partial charge >= 0.3 is 0 Å². The Morgan fingerprint density at radius 1 is 1.25 bits per heavy atom. The molecule has 0 saturated carbocycles. The Bertz CT molecular complexity index is 1060. The van der Waals surface area contributed by atoms with E-state index < -0.39 is 4.92 Å². The Labute approximate surface area is 173 Å². The lowest BCUT2D eigenvalue weighted by Gasteiger charge is -2.05. The second-order valence-electron chi connectivity index (χ2n) is 5.55. The molecule has 1 heterocycles. The highest BCUT2D eigenvalue weighted by Crippen LogP contribution is 2.34. The van der Waals surface area contributed by atoms with E-state index in [1.165, 1.54) is 31.5 Å². The van der Waals surface area contributed by atoms with Crippen LogP contribution in [-0.4, -0.2) is 24.2 Å². The maximum atomic E-state index is 12.1. The average Bonchev–Trinajstić information content (AvgIpc) is 3.16. The lowest BCUT2D eigenvalue weighted by atomic mass is 10.1. The first kappa shape index (κ1) is 19.5. The Hall–Kier alpha value is -3.21. The van der Waals surface area contributed by atoms with Gasteiger partial charge in [-0.2, -0.15) is 5.10 Å². The summed E-state index contributed by atoms with van der Waals surface area (Å²) in [5.41, 5.74) is 3.28. The summed E-state index contributed by atoms with van der Waals surface area (Å²) >= 11 is 2.12. The van der Waals surface area contributed by atoms with E-state index in [9.17, 15) is 14.9 Å². The van der Waals surface area contributed by atoms with Crippen LogP contribution < -0.4 is 10.2 Å². The first-order chi connectivity index (χ1) is 13.5. The van der Waals surface area contributed by atoms with E-state index >= 15 is 0 Å². The van der Waals surface area contributed by atoms with Crippen LogP contribution in [0.1, 0.15) is 16.1 Å². The third kappa shape index (κ3) is 4.55. The summed E-state index contributed by atoms with van der Waals surface area (Å²) in [7, 11) is 1.47. The SMILES string of the molecule is COc1ccc([N+](=O)[O-])cc1-c1ccc(C=NNC(=O)c2cccc(I)c2)o1. The third-order valence-electron chi connectivity index (χ3n) is 3.73. The third-order valence-corrected chi connectivity index (χ3v) is 4.40. The predicted molar refractivity (Wildman–Crippen MR) is 112 cm³/mol. The maximum absolute atomic E-state index is 12.1. The van der Waals surface area contributed by atoms with Gasteiger partial charge in [-0.3, -0.25) is 14.9 Å². The van der Waals surface area contributed by atoms with Crippen molar-refractivity contribution in [2.24, 2.45) is 5.10 Å². The summed E-state index contributed by atoms with van der Waals surface area (Å²) in [5.74, 6) is 0.842. The van der Waals surface area contributed by atoms with Crippen LogP contribution in [0, 0.1) is 13.7 Å². The van der Waals surface area contributed by atoms with Crippen molar-refractivity contribution >= 4 is 40.4 Å². The van der Waals surface area contributed by atoms with Gasteiger partial charge in [-0.25, -0.2) is 5.43 Å². The van der Waals surface area contributed by atoms with Crippen LogP contribution >= 0.6 is 22.6 Å². The first-order valence-corrected chi connectivity index (χ1v) is 9.07. The number of furan rings is 1. The van der Waals surface area contributed by atoms with E-state index in [-0.39, 0.29) is 11.6 Å². The molecule has 0 saturated heterocycles. The number of ether oxygens (including phenoxy) is 1. The van der Waals surface area contributed by atoms with Crippen molar-refractivity contribution in [3.05, 3.63) is 79.6 Å². The van der Waals surface area contributed by atoms with E-state index in [0.29, 0.717) is 28.4 Å². The molecule has 142 valence electrons. The summed E-state index contributed by atoms with van der Waals surface area (Å²) in [4.78, 5) is 22.6. The molecule has 3 rings (SSSR count). The number of amides is 1. The fraction of sp³-hybridized carbons (Fsp3) is 0.0526. The summed E-state index contributed by atoms with van der Waals surface area (Å²) < 4.78 is 11.8. The van der Waals surface area contributed by atoms with E-state index in [2.05, 4.69) is 33.1 Å². The molecule has 0 spiro atoms. The molecule has 0 aliphatic carbocycles. The zero-order valence-electron chi connectivity index (χ0n) is 14.6. The summed E-state index contributed by atoms with van der Waals surface area (Å²) in [6, 6.07) is 14.6. The molecular formula is C19H14IN3O5. The fourth-order valence-electron chi connectivity index (χ4n) is 2.42. The number of nitro benzene ring substituents is 1. The maximum Gasteiger partial charge on any atom is 0.271 e. The highest BCUT2D eigenvalue weighted by molar-refractivity contribution is 14.1. The molecule has 0 bridgehead atoms. The molecule has 0 unspecified atom stereocenters. The van der Waals surface area contributed by atoms with Crippen LogP contribution in [0.3, 0.4) is 0 Å². The van der Waals surface area contributed by atoms with Gasteiger partial charge in [0.2, 0.25) is 0 Å². The molecule has 0 aliphatic heterocycles. The van der Waals surface area contributed by atoms with Gasteiger partial charge in [-0.05, 0) is 59.0 Å². The monoisotopic (exact) mass is 491 g/mol. The number of hydrogen-bond acceptors (Lipinski definition) is 6. The number of hydrogen-bond donors (Lipinski definition) is 1. The van der Waals surface area contributed by atoms with E-state index in [1.807, 2.05) is 6.07 Å². The number of benzene rings is 2. The Morgan fingerprint density at radius 3 is 2.79 bits per heavy atom. The largest absolute Gasteiger partial charge is 0.496 e. The zero-order chi connectivity index (χ0) is 20.1. The lowest BCUT2D eigenvalue weighted by molar-refractivity contribution is -0.384. The molecule has 0 atom stereocenters. The number of carbonyl (C=O) groups is 1. The van der Waals surface area contributed by atoms with Crippen LogP contribution in [0.25, 0.3) is 11.3 Å². The van der Waals surface area contributed by atoms with E-state index in [1.54, 1.807) is 30.3 Å². The van der Waals surface area contributed by atoms with Gasteiger partial charge in [-0.1, -0.05) is 6.07 Å². The standard InChI is InChI=1S/C19H14IN3O5/c1-27-17-7-5-14(23(25)26)10-16(17)18-8-6-15(28-18)11-21-22-19(24)12-3-2-4-13(20)9-12/h2-11H,1H3,(H,22,24). The molecule has 28 heavy (non-hydrogen) atoms. The van der Waals surface area contributed by atoms with Crippen LogP contribution in [0.15, 0.2) is 64.1 Å². The number of nitrogens with zero attached hydrogens (tertiary/aromatic N) is 2. The van der Waals surface area contributed by atoms with Gasteiger partial charge in [0, 0.05) is 21.3 Å². The topological polar surface area (TPSA) is 107 Å². The Morgan fingerprint density at radius 2 is 2.07 bits per heavy atom. The van der Waals surface area contributed by atoms with Crippen molar-refractivity contribution in [3.8, 4) is 17.1 Å². The van der Waals surface area contributed by atoms with E-state index in [4.69, 9.17) is 9.15 Å². The number of hydrazone groups is 1. The summed E-state index contributed by atoms with van der Waals surface area (Å²) in [6.45, 7) is 0. The zero-order valence-corrected chi connectivity index (χ0v) is 16.7. The van der Waals surface area contributed by atoms with Gasteiger partial charge in [0.05, 0.1) is 23.8 Å². The second-order valence-corrected chi connectivity index (χ2v) is 6.80. The molecule has 1 aromatic heterocycles. The van der Waals surface area contributed by atoms with E-state index in [0.717, 1.165) is 3.57 Å². The smallest absolute Gasteiger partial charge is 0.271 e. The molecule has 0 fully saturated rings. The molecule has 1 N–H and O–H groups in total. The number of methoxy groups -OCH3 is 1. The number of non-ortho nitro benzene ring substituents is 1. The first-order valence-electron chi connectivity index (χ1n) is 7.99. The van der Waals surface area contributed by atoms with Crippen molar-refractivity contribution < 1.29 is 18.9 Å². The van der Waals surface area contributed by atoms with Crippen LogP contribution in [0.2, 0.25) is 0 Å². The van der Waals surface area contributed by atoms with Crippen LogP contribution in [0.4, 0.5) is 5.69 Å². The quantitative estimate of drug-likeness (QED) is 0.240. The van der Waals surface area contributed by atoms with Crippen LogP contribution in [-0.2, 0) is 0 Å². The fourth-order valence-corrected chi connectivity index (χ4v) is 2.96. The number of halogens is 1. The van der Waals surface area contributed by atoms with Crippen molar-refractivity contribution in [1.82, 2.24) is 5.43 Å². The minimum Gasteiger partial charge on any atom is -0.496 e. The molecule has 9 heteroatoms. The highest BCUT2D eigenvalue weighted by Gasteiger charge is 2.15. The number of rotatable bonds is 6. The number of nitrogens with one attached hydrogen (secondary N) is 1. The molecule has 0 radical (unpaired) electrons.